The van der Waals surface area contributed by atoms with Crippen molar-refractivity contribution in [1.29, 1.82) is 0 Å². The summed E-state index contributed by atoms with van der Waals surface area (Å²) < 4.78 is 2.07. The number of carbonyl (C=O) groups is 1. The van der Waals surface area contributed by atoms with Crippen LogP contribution in [-0.2, 0) is 6.42 Å². The third-order valence-electron chi connectivity index (χ3n) is 8.62. The monoisotopic (exact) mass is 422 g/mol. The third-order valence-corrected chi connectivity index (χ3v) is 8.62. The zero-order valence-electron chi connectivity index (χ0n) is 18.8. The Labute approximate surface area is 184 Å². The number of aromatic hydroxyl groups is 1. The Kier molecular flexibility index (Phi) is 4.58. The quantitative estimate of drug-likeness (QED) is 0.766. The van der Waals surface area contributed by atoms with Crippen LogP contribution in [0.25, 0.3) is 10.9 Å². The van der Waals surface area contributed by atoms with Crippen LogP contribution in [0.4, 0.5) is 4.79 Å². The number of likely N-dealkylation sites (N-methyl/N-ethyl adjacent to an activating group) is 1. The third kappa shape index (κ3) is 2.94. The van der Waals surface area contributed by atoms with E-state index in [0.29, 0.717) is 17.7 Å². The number of phenols is 1. The van der Waals surface area contributed by atoms with Crippen LogP contribution >= 0.6 is 0 Å². The first-order valence-electron chi connectivity index (χ1n) is 12.1. The summed E-state index contributed by atoms with van der Waals surface area (Å²) in [5.41, 5.74) is 3.55. The molecule has 4 bridgehead atoms. The average molecular weight is 423 g/mol. The number of piperazine rings is 1. The molecule has 1 aliphatic carbocycles. The Morgan fingerprint density at radius 1 is 1.13 bits per heavy atom. The minimum Gasteiger partial charge on any atom is -0.508 e. The van der Waals surface area contributed by atoms with Gasteiger partial charge in [-0.1, -0.05) is 13.3 Å². The molecular formula is C25H34N4O2. The van der Waals surface area contributed by atoms with E-state index < -0.39 is 0 Å². The Balaban J connectivity index is 1.52. The molecule has 7 rings (SSSR count). The van der Waals surface area contributed by atoms with E-state index in [2.05, 4.69) is 28.3 Å². The number of hydrogen-bond donors (Lipinski definition) is 1. The molecule has 2 aromatic rings. The van der Waals surface area contributed by atoms with Gasteiger partial charge < -0.3 is 14.9 Å². The molecule has 6 nitrogen and oxygen atoms in total. The van der Waals surface area contributed by atoms with Gasteiger partial charge in [0.2, 0.25) is 0 Å². The maximum atomic E-state index is 14.0. The number of rotatable bonds is 1. The molecule has 4 fully saturated rings. The molecule has 5 atom stereocenters. The number of aromatic nitrogens is 1. The Morgan fingerprint density at radius 2 is 1.94 bits per heavy atom. The second kappa shape index (κ2) is 7.24. The summed E-state index contributed by atoms with van der Waals surface area (Å²) >= 11 is 0. The van der Waals surface area contributed by atoms with E-state index in [1.807, 2.05) is 17.0 Å². The summed E-state index contributed by atoms with van der Waals surface area (Å²) in [6.07, 6.45) is 4.73. The molecule has 31 heavy (non-hydrogen) atoms. The first-order chi connectivity index (χ1) is 15.0. The Bertz CT molecular complexity index is 1020. The zero-order valence-corrected chi connectivity index (χ0v) is 18.8. The van der Waals surface area contributed by atoms with E-state index in [1.165, 1.54) is 37.1 Å². The van der Waals surface area contributed by atoms with Crippen molar-refractivity contribution >= 4 is 16.9 Å². The first-order valence-corrected chi connectivity index (χ1v) is 12.1. The number of hydrogen-bond acceptors (Lipinski definition) is 4. The van der Waals surface area contributed by atoms with E-state index in [4.69, 9.17) is 0 Å². The predicted molar refractivity (Wildman–Crippen MR) is 122 cm³/mol. The lowest BCUT2D eigenvalue weighted by Crippen LogP contribution is -2.56. The second-order valence-electron chi connectivity index (χ2n) is 10.3. The van der Waals surface area contributed by atoms with Crippen LogP contribution in [0.15, 0.2) is 18.2 Å². The van der Waals surface area contributed by atoms with Crippen molar-refractivity contribution in [3.8, 4) is 5.75 Å². The topological polar surface area (TPSA) is 52.0 Å². The van der Waals surface area contributed by atoms with Gasteiger partial charge in [0.25, 0.3) is 0 Å². The van der Waals surface area contributed by atoms with E-state index >= 15 is 0 Å². The van der Waals surface area contributed by atoms with Gasteiger partial charge in [-0.05, 0) is 61.9 Å². The van der Waals surface area contributed by atoms with Crippen LogP contribution < -0.4 is 0 Å². The highest BCUT2D eigenvalue weighted by Crippen LogP contribution is 2.52. The van der Waals surface area contributed by atoms with E-state index in [9.17, 15) is 9.90 Å². The molecule has 1 N–H and O–H groups in total. The van der Waals surface area contributed by atoms with Gasteiger partial charge in [-0.15, -0.1) is 0 Å². The SMILES string of the molecule is CC[C@H]1C[C@H]2C[C@H]3c4c(c5cc(O)ccc5n4C(=O)N4CCN(C)CC4)CCN(C2)C13. The smallest absolute Gasteiger partial charge is 0.328 e. The minimum absolute atomic E-state index is 0.132. The molecule has 5 aliphatic rings. The Morgan fingerprint density at radius 3 is 2.71 bits per heavy atom. The van der Waals surface area contributed by atoms with Gasteiger partial charge in [0.1, 0.15) is 5.75 Å². The van der Waals surface area contributed by atoms with Gasteiger partial charge in [-0.2, -0.15) is 0 Å². The highest BCUT2D eigenvalue weighted by molar-refractivity contribution is 5.96. The molecule has 1 aromatic carbocycles. The zero-order chi connectivity index (χ0) is 21.3. The van der Waals surface area contributed by atoms with Crippen LogP contribution in [0.3, 0.4) is 0 Å². The van der Waals surface area contributed by atoms with E-state index in [-0.39, 0.29) is 6.03 Å². The van der Waals surface area contributed by atoms with Gasteiger partial charge in [0.15, 0.2) is 0 Å². The van der Waals surface area contributed by atoms with Crippen molar-refractivity contribution in [2.24, 2.45) is 11.8 Å². The fourth-order valence-electron chi connectivity index (χ4n) is 7.18. The fourth-order valence-corrected chi connectivity index (χ4v) is 7.18. The molecule has 5 heterocycles. The molecule has 166 valence electrons. The molecular weight excluding hydrogens is 388 g/mol. The van der Waals surface area contributed by atoms with Gasteiger partial charge in [-0.25, -0.2) is 4.79 Å². The van der Waals surface area contributed by atoms with Gasteiger partial charge in [0, 0.05) is 62.3 Å². The van der Waals surface area contributed by atoms with Crippen molar-refractivity contribution in [3.63, 3.8) is 0 Å². The van der Waals surface area contributed by atoms with Crippen molar-refractivity contribution in [1.82, 2.24) is 19.3 Å². The standard InChI is InChI=1S/C25H34N4O2/c1-3-17-12-16-13-21-23(17)28(15-16)7-6-19-20-14-18(30)4-5-22(20)29(24(19)21)25(31)27-10-8-26(2)9-11-27/h4-5,14,16-17,21,23,30H,3,6-13,15H2,1-2H3/t16-,17-,21+,23?/m0/s1. The summed E-state index contributed by atoms with van der Waals surface area (Å²) in [5.74, 6) is 2.17. The van der Waals surface area contributed by atoms with Crippen LogP contribution in [0.1, 0.15) is 43.4 Å². The van der Waals surface area contributed by atoms with E-state index in [1.54, 1.807) is 6.07 Å². The van der Waals surface area contributed by atoms with Crippen molar-refractivity contribution in [2.45, 2.75) is 44.6 Å². The largest absolute Gasteiger partial charge is 0.508 e. The summed E-state index contributed by atoms with van der Waals surface area (Å²) in [6, 6.07) is 6.27. The minimum atomic E-state index is 0.132. The average Bonchev–Trinajstić information content (AvgIpc) is 3.04. The van der Waals surface area contributed by atoms with Crippen LogP contribution in [0.2, 0.25) is 0 Å². The molecule has 0 spiro atoms. The highest BCUT2D eigenvalue weighted by atomic mass is 16.3. The molecule has 1 aromatic heterocycles. The van der Waals surface area contributed by atoms with Crippen LogP contribution in [0, 0.1) is 11.8 Å². The molecule has 6 heteroatoms. The van der Waals surface area contributed by atoms with Crippen molar-refractivity contribution in [2.75, 3.05) is 46.3 Å². The normalized spacial score (nSPS) is 32.8. The summed E-state index contributed by atoms with van der Waals surface area (Å²) in [5, 5.41) is 11.4. The number of fused-ring (bicyclic) bond motifs is 4. The van der Waals surface area contributed by atoms with Crippen LogP contribution in [-0.4, -0.2) is 82.8 Å². The summed E-state index contributed by atoms with van der Waals surface area (Å²) in [7, 11) is 2.12. The van der Waals surface area contributed by atoms with Crippen molar-refractivity contribution in [3.05, 3.63) is 29.5 Å². The van der Waals surface area contributed by atoms with Crippen LogP contribution in [0.5, 0.6) is 5.75 Å². The molecule has 2 unspecified atom stereocenters. The molecule has 1 saturated carbocycles. The van der Waals surface area contributed by atoms with E-state index in [0.717, 1.165) is 61.9 Å². The predicted octanol–water partition coefficient (Wildman–Crippen LogP) is 3.32. The highest BCUT2D eigenvalue weighted by Gasteiger charge is 2.50. The Hall–Kier alpha value is -2.05. The number of amides is 1. The molecule has 4 aliphatic heterocycles. The summed E-state index contributed by atoms with van der Waals surface area (Å²) in [4.78, 5) is 21.0. The summed E-state index contributed by atoms with van der Waals surface area (Å²) in [6.45, 7) is 8.03. The van der Waals surface area contributed by atoms with Gasteiger partial charge in [0.05, 0.1) is 5.52 Å². The lowest BCUT2D eigenvalue weighted by Gasteiger charge is -2.53. The van der Waals surface area contributed by atoms with Gasteiger partial charge in [-0.3, -0.25) is 9.47 Å². The molecule has 3 saturated heterocycles. The first kappa shape index (κ1) is 19.6. The van der Waals surface area contributed by atoms with Crippen molar-refractivity contribution < 1.29 is 9.90 Å². The second-order valence-corrected chi connectivity index (χ2v) is 10.3. The van der Waals surface area contributed by atoms with Gasteiger partial charge >= 0.3 is 6.03 Å². The maximum absolute atomic E-state index is 14.0. The fraction of sp³-hybridized carbons (Fsp3) is 0.640. The maximum Gasteiger partial charge on any atom is 0.328 e. The number of carbonyl (C=O) groups excluding carboxylic acids is 1. The molecule has 0 radical (unpaired) electrons. The molecule has 1 amide bonds. The number of phenolic OH excluding ortho intramolecular Hbond substituents is 1. The number of benzene rings is 1. The lowest BCUT2D eigenvalue weighted by molar-refractivity contribution is -0.0139. The number of piperidine rings is 2. The lowest BCUT2D eigenvalue weighted by atomic mass is 9.65. The number of nitrogens with zero attached hydrogens (tertiary/aromatic N) is 4.